The van der Waals surface area contributed by atoms with Crippen LogP contribution >= 0.6 is 0 Å². The smallest absolute Gasteiger partial charge is 0 e. The predicted octanol–water partition coefficient (Wildman–Crippen LogP) is -0.769. The first kappa shape index (κ1) is 35.4. The molecular weight excluding hydrogens is 429 g/mol. The largest absolute Gasteiger partial charge is 0 e. The van der Waals surface area contributed by atoms with Crippen molar-refractivity contribution in [3.05, 3.63) is 0 Å². The van der Waals surface area contributed by atoms with Crippen LogP contribution in [-0.4, -0.2) is 66.8 Å². The van der Waals surface area contributed by atoms with Gasteiger partial charge in [0.25, 0.3) is 0 Å². The molecule has 0 aromatic carbocycles. The third-order valence-electron chi connectivity index (χ3n) is 0. The van der Waals surface area contributed by atoms with Crippen molar-refractivity contribution in [3.63, 3.8) is 0 Å². The Morgan fingerprint density at radius 2 is 0.800 bits per heavy atom. The minimum absolute atomic E-state index is 0. The van der Waals surface area contributed by atoms with Crippen LogP contribution in [0.15, 0.2) is 0 Å². The molecule has 0 aliphatic rings. The van der Waals surface area contributed by atoms with Gasteiger partial charge in [-0.05, 0) is 0 Å². The van der Waals surface area contributed by atoms with E-state index in [-0.39, 0.29) is 129 Å². The number of hydrogen-bond acceptors (Lipinski definition) is 0. The SMILES string of the molecule is [As].[Ba].[Cd].[Cr].[Cr]. The summed E-state index contributed by atoms with van der Waals surface area (Å²) in [5.74, 6) is 0. The fourth-order valence-corrected chi connectivity index (χ4v) is 0. The van der Waals surface area contributed by atoms with Crippen LogP contribution in [0.5, 0.6) is 0 Å². The van der Waals surface area contributed by atoms with E-state index in [1.54, 1.807) is 0 Å². The average Bonchev–Trinajstić information content (AvgIpc) is 0. The van der Waals surface area contributed by atoms with Crippen LogP contribution in [-0.2, 0) is 62.0 Å². The van der Waals surface area contributed by atoms with E-state index >= 15 is 0 Å². The van der Waals surface area contributed by atoms with Gasteiger partial charge in [0.1, 0.15) is 0 Å². The summed E-state index contributed by atoms with van der Waals surface area (Å²) >= 11 is 0. The third kappa shape index (κ3) is 17.9. The second kappa shape index (κ2) is 24.3. The van der Waals surface area contributed by atoms with E-state index in [2.05, 4.69) is 0 Å². The zero-order valence-corrected chi connectivity index (χ0v) is 15.6. The Kier molecular flexibility index (Phi) is 172. The molecule has 0 aliphatic carbocycles. The maximum Gasteiger partial charge on any atom is 0 e. The van der Waals surface area contributed by atoms with Crippen molar-refractivity contribution in [1.82, 2.24) is 0 Å². The Bertz CT molecular complexity index is 9.61. The molecule has 0 aromatic heterocycles. The van der Waals surface area contributed by atoms with Gasteiger partial charge in [-0.15, -0.1) is 0 Å². The van der Waals surface area contributed by atoms with Gasteiger partial charge >= 0.3 is 0 Å². The van der Waals surface area contributed by atoms with Crippen molar-refractivity contribution in [2.45, 2.75) is 0 Å². The molecule has 0 N–H and O–H groups in total. The van der Waals surface area contributed by atoms with Crippen molar-refractivity contribution in [2.24, 2.45) is 0 Å². The number of hydrogen-bond donors (Lipinski definition) is 0. The van der Waals surface area contributed by atoms with Crippen molar-refractivity contribution in [1.29, 1.82) is 0 Å². The molecular formula is AsBaCdCr2. The predicted molar refractivity (Wildman–Crippen MR) is 11.5 cm³/mol. The van der Waals surface area contributed by atoms with Crippen LogP contribution in [0, 0.1) is 0 Å². The van der Waals surface area contributed by atoms with E-state index in [0.717, 1.165) is 0 Å². The van der Waals surface area contributed by atoms with Crippen LogP contribution in [0.2, 0.25) is 0 Å². The van der Waals surface area contributed by atoms with Crippen LogP contribution in [0.1, 0.15) is 0 Å². The van der Waals surface area contributed by atoms with Crippen LogP contribution in [0.25, 0.3) is 0 Å². The fraction of sp³-hybridized carbons (Fsp3) is 0. The molecule has 0 saturated carbocycles. The van der Waals surface area contributed by atoms with Gasteiger partial charge in [0.15, 0.2) is 0 Å². The molecule has 0 fully saturated rings. The van der Waals surface area contributed by atoms with Crippen molar-refractivity contribution in [2.75, 3.05) is 0 Å². The molecule has 0 aliphatic heterocycles. The van der Waals surface area contributed by atoms with Gasteiger partial charge in [-0.25, -0.2) is 0 Å². The first-order valence-electron chi connectivity index (χ1n) is 0. The standard InChI is InChI=1S/As.Ba.Cd.2Cr. The maximum atomic E-state index is 0. The molecule has 5 heteroatoms. The second-order valence-corrected chi connectivity index (χ2v) is 0. The van der Waals surface area contributed by atoms with Crippen LogP contribution in [0.4, 0.5) is 0 Å². The van der Waals surface area contributed by atoms with Gasteiger partial charge < -0.3 is 0 Å². The van der Waals surface area contributed by atoms with Crippen molar-refractivity contribution < 1.29 is 62.0 Å². The Labute approximate surface area is 125 Å². The van der Waals surface area contributed by atoms with E-state index in [0.29, 0.717) is 0 Å². The molecule has 0 bridgehead atoms. The molecule has 0 heterocycles. The molecule has 0 rings (SSSR count). The fourth-order valence-electron chi connectivity index (χ4n) is 0. The summed E-state index contributed by atoms with van der Waals surface area (Å²) in [5, 5.41) is 0. The molecule has 0 nitrogen and oxygen atoms in total. The molecule has 5 heavy (non-hydrogen) atoms. The number of rotatable bonds is 0. The Morgan fingerprint density at radius 1 is 0.800 bits per heavy atom. The summed E-state index contributed by atoms with van der Waals surface area (Å²) in [6.45, 7) is 0. The Balaban J connectivity index is 0. The summed E-state index contributed by atoms with van der Waals surface area (Å²) in [5.41, 5.74) is 0. The molecule has 0 unspecified atom stereocenters. The summed E-state index contributed by atoms with van der Waals surface area (Å²) in [7, 11) is 0. The van der Waals surface area contributed by atoms with Gasteiger partial charge in [0.05, 0.1) is 0 Å². The first-order chi connectivity index (χ1) is 0. The molecule has 5 radical (unpaired) electrons. The van der Waals surface area contributed by atoms with E-state index in [4.69, 9.17) is 0 Å². The van der Waals surface area contributed by atoms with Gasteiger partial charge in [-0.1, -0.05) is 0 Å². The van der Waals surface area contributed by atoms with Crippen molar-refractivity contribution in [3.8, 4) is 0 Å². The zero-order valence-electron chi connectivity index (χ0n) is 2.68. The minimum atomic E-state index is 0. The van der Waals surface area contributed by atoms with E-state index in [1.165, 1.54) is 0 Å². The molecule has 0 spiro atoms. The van der Waals surface area contributed by atoms with Gasteiger partial charge in [0.2, 0.25) is 0 Å². The van der Waals surface area contributed by atoms with Crippen molar-refractivity contribution >= 4 is 66.8 Å². The van der Waals surface area contributed by atoms with E-state index in [9.17, 15) is 0 Å². The van der Waals surface area contributed by atoms with Crippen LogP contribution < -0.4 is 0 Å². The summed E-state index contributed by atoms with van der Waals surface area (Å²) in [6.07, 6.45) is 0. The molecule has 0 aromatic rings. The summed E-state index contributed by atoms with van der Waals surface area (Å²) < 4.78 is 0. The average molecular weight is 429 g/mol. The third-order valence-corrected chi connectivity index (χ3v) is 0. The molecule has 0 amide bonds. The maximum absolute atomic E-state index is 0. The molecule has 0 saturated heterocycles. The van der Waals surface area contributed by atoms with E-state index in [1.807, 2.05) is 0 Å². The first-order valence-corrected chi connectivity index (χ1v) is 0. The van der Waals surface area contributed by atoms with Gasteiger partial charge in [-0.2, -0.15) is 0 Å². The zero-order chi connectivity index (χ0) is 0. The molecule has 21 valence electrons. The van der Waals surface area contributed by atoms with Crippen LogP contribution in [0.3, 0.4) is 0 Å². The second-order valence-electron chi connectivity index (χ2n) is 0. The normalized spacial score (nSPS) is 0. The summed E-state index contributed by atoms with van der Waals surface area (Å²) in [4.78, 5) is 0. The van der Waals surface area contributed by atoms with Gasteiger partial charge in [0, 0.05) is 129 Å². The molecule has 0 atom stereocenters. The Hall–Kier alpha value is 4.12. The summed E-state index contributed by atoms with van der Waals surface area (Å²) in [6, 6.07) is 0. The van der Waals surface area contributed by atoms with Gasteiger partial charge in [-0.3, -0.25) is 0 Å². The topological polar surface area (TPSA) is 0 Å². The Morgan fingerprint density at radius 3 is 0.800 bits per heavy atom. The van der Waals surface area contributed by atoms with E-state index < -0.39 is 0 Å². The monoisotopic (exact) mass is 431 g/mol. The quantitative estimate of drug-likeness (QED) is 0.445. The minimum Gasteiger partial charge on any atom is 0 e.